The van der Waals surface area contributed by atoms with Crippen molar-refractivity contribution < 1.29 is 29.3 Å². The molecular weight excluding hydrogens is 469 g/mol. The lowest BCUT2D eigenvalue weighted by Gasteiger charge is -2.26. The average Bonchev–Trinajstić information content (AvgIpc) is 2.79. The molecule has 9 heteroatoms. The Bertz CT molecular complexity index is 982. The van der Waals surface area contributed by atoms with E-state index in [1.165, 1.54) is 0 Å². The minimum Gasteiger partial charge on any atom is -0.489 e. The molecule has 0 spiro atoms. The van der Waals surface area contributed by atoms with Crippen molar-refractivity contribution in [2.75, 3.05) is 0 Å². The molecule has 0 aliphatic heterocycles. The summed E-state index contributed by atoms with van der Waals surface area (Å²) in [4.78, 5) is 35.3. The lowest BCUT2D eigenvalue weighted by atomic mass is 9.81. The van der Waals surface area contributed by atoms with Crippen molar-refractivity contribution in [3.05, 3.63) is 63.6 Å². The van der Waals surface area contributed by atoms with Crippen LogP contribution in [-0.2, 0) is 27.4 Å². The number of carboxylic acids is 2. The van der Waals surface area contributed by atoms with E-state index in [4.69, 9.17) is 33.0 Å². The molecule has 0 saturated heterocycles. The van der Waals surface area contributed by atoms with Gasteiger partial charge in [0.1, 0.15) is 18.4 Å². The maximum absolute atomic E-state index is 12.5. The summed E-state index contributed by atoms with van der Waals surface area (Å²) in [5, 5.41) is 22.3. The Kier molecular flexibility index (Phi) is 8.58. The van der Waals surface area contributed by atoms with Gasteiger partial charge in [-0.3, -0.25) is 9.59 Å². The van der Waals surface area contributed by atoms with Gasteiger partial charge in [-0.2, -0.15) is 0 Å². The third-order valence-electron chi connectivity index (χ3n) is 5.87. The predicted octanol–water partition coefficient (Wildman–Crippen LogP) is 4.58. The van der Waals surface area contributed by atoms with Gasteiger partial charge in [-0.25, -0.2) is 4.79 Å². The van der Waals surface area contributed by atoms with E-state index in [1.807, 2.05) is 0 Å². The second-order valence-electron chi connectivity index (χ2n) is 8.12. The van der Waals surface area contributed by atoms with Crippen molar-refractivity contribution in [1.82, 2.24) is 5.32 Å². The summed E-state index contributed by atoms with van der Waals surface area (Å²) in [5.41, 5.74) is 1.40. The van der Waals surface area contributed by atoms with Gasteiger partial charge in [0.2, 0.25) is 5.91 Å². The van der Waals surface area contributed by atoms with Crippen molar-refractivity contribution in [1.29, 1.82) is 0 Å². The summed E-state index contributed by atoms with van der Waals surface area (Å²) in [6.45, 7) is 0.190. The third kappa shape index (κ3) is 6.85. The van der Waals surface area contributed by atoms with Gasteiger partial charge in [-0.1, -0.05) is 41.4 Å². The summed E-state index contributed by atoms with van der Waals surface area (Å²) in [6.07, 6.45) is 1.84. The topological polar surface area (TPSA) is 113 Å². The van der Waals surface area contributed by atoms with Crippen molar-refractivity contribution >= 4 is 41.0 Å². The Hall–Kier alpha value is -2.77. The van der Waals surface area contributed by atoms with Gasteiger partial charge in [-0.05, 0) is 55.5 Å². The summed E-state index contributed by atoms with van der Waals surface area (Å²) in [7, 11) is 0. The van der Waals surface area contributed by atoms with Crippen LogP contribution in [0.15, 0.2) is 42.5 Å². The highest BCUT2D eigenvalue weighted by Crippen LogP contribution is 2.29. The summed E-state index contributed by atoms with van der Waals surface area (Å²) in [5.74, 6) is -2.55. The smallest absolute Gasteiger partial charge is 0.326 e. The number of benzene rings is 2. The Balaban J connectivity index is 1.55. The van der Waals surface area contributed by atoms with Crippen molar-refractivity contribution in [2.45, 2.75) is 44.8 Å². The van der Waals surface area contributed by atoms with E-state index < -0.39 is 23.9 Å². The highest BCUT2D eigenvalue weighted by atomic mass is 35.5. The van der Waals surface area contributed by atoms with Gasteiger partial charge in [0.05, 0.1) is 5.92 Å². The first-order chi connectivity index (χ1) is 15.7. The molecule has 1 atom stereocenters. The lowest BCUT2D eigenvalue weighted by molar-refractivity contribution is -0.144. The second-order valence-corrected chi connectivity index (χ2v) is 8.94. The molecule has 0 radical (unpaired) electrons. The zero-order valence-corrected chi connectivity index (χ0v) is 19.3. The van der Waals surface area contributed by atoms with Crippen LogP contribution in [0.4, 0.5) is 0 Å². The molecule has 0 bridgehead atoms. The van der Waals surface area contributed by atoms with Crippen LogP contribution in [-0.4, -0.2) is 34.1 Å². The van der Waals surface area contributed by atoms with E-state index in [2.05, 4.69) is 5.32 Å². The molecule has 3 N–H and O–H groups in total. The zero-order chi connectivity index (χ0) is 24.0. The SMILES string of the molecule is O=C(O)[C@H](Cc1ccc(OCc2c(Cl)cccc2Cl)cc1)NC(=O)[C@H]1CC[C@H](C(=O)O)CC1. The lowest BCUT2D eigenvalue weighted by Crippen LogP contribution is -2.45. The number of carboxylic acid groups (broad SMARTS) is 2. The van der Waals surface area contributed by atoms with Crippen LogP contribution >= 0.6 is 23.2 Å². The van der Waals surface area contributed by atoms with Crippen LogP contribution in [0, 0.1) is 11.8 Å². The molecule has 0 aromatic heterocycles. The molecular formula is C24H25Cl2NO6. The highest BCUT2D eigenvalue weighted by molar-refractivity contribution is 6.35. The fourth-order valence-electron chi connectivity index (χ4n) is 3.88. The first-order valence-corrected chi connectivity index (χ1v) is 11.4. The largest absolute Gasteiger partial charge is 0.489 e. The molecule has 1 aliphatic rings. The Morgan fingerprint density at radius 2 is 1.52 bits per heavy atom. The molecule has 2 aromatic carbocycles. The number of hydrogen-bond donors (Lipinski definition) is 3. The van der Waals surface area contributed by atoms with E-state index in [0.29, 0.717) is 47.0 Å². The van der Waals surface area contributed by atoms with Gasteiger partial charge in [0, 0.05) is 27.9 Å². The number of rotatable bonds is 9. The van der Waals surface area contributed by atoms with Crippen molar-refractivity contribution in [2.24, 2.45) is 11.8 Å². The van der Waals surface area contributed by atoms with Crippen LogP contribution in [0.1, 0.15) is 36.8 Å². The van der Waals surface area contributed by atoms with Gasteiger partial charge in [0.15, 0.2) is 0 Å². The maximum Gasteiger partial charge on any atom is 0.326 e. The van der Waals surface area contributed by atoms with Crippen LogP contribution in [0.25, 0.3) is 0 Å². The zero-order valence-electron chi connectivity index (χ0n) is 17.8. The molecule has 176 valence electrons. The monoisotopic (exact) mass is 493 g/mol. The fourth-order valence-corrected chi connectivity index (χ4v) is 4.38. The Labute approximate surface area is 201 Å². The molecule has 1 saturated carbocycles. The molecule has 3 rings (SSSR count). The van der Waals surface area contributed by atoms with Crippen LogP contribution < -0.4 is 10.1 Å². The number of hydrogen-bond acceptors (Lipinski definition) is 4. The number of ether oxygens (including phenoxy) is 1. The first-order valence-electron chi connectivity index (χ1n) is 10.6. The third-order valence-corrected chi connectivity index (χ3v) is 6.58. The molecule has 33 heavy (non-hydrogen) atoms. The molecule has 1 aliphatic carbocycles. The number of nitrogens with one attached hydrogen (secondary N) is 1. The van der Waals surface area contributed by atoms with Crippen LogP contribution in [0.3, 0.4) is 0 Å². The normalized spacial score (nSPS) is 18.8. The van der Waals surface area contributed by atoms with Gasteiger partial charge >= 0.3 is 11.9 Å². The van der Waals surface area contributed by atoms with E-state index in [9.17, 15) is 19.5 Å². The summed E-state index contributed by atoms with van der Waals surface area (Å²) < 4.78 is 5.73. The first kappa shape index (κ1) is 24.9. The second kappa shape index (κ2) is 11.4. The van der Waals surface area contributed by atoms with E-state index >= 15 is 0 Å². The fraction of sp³-hybridized carbons (Fsp3) is 0.375. The number of halogens is 2. The van der Waals surface area contributed by atoms with Crippen LogP contribution in [0.2, 0.25) is 10.0 Å². The number of carbonyl (C=O) groups is 3. The molecule has 2 aromatic rings. The van der Waals surface area contributed by atoms with E-state index in [0.717, 1.165) is 5.56 Å². The Morgan fingerprint density at radius 1 is 0.939 bits per heavy atom. The van der Waals surface area contributed by atoms with E-state index in [1.54, 1.807) is 42.5 Å². The average molecular weight is 494 g/mol. The van der Waals surface area contributed by atoms with Crippen molar-refractivity contribution in [3.63, 3.8) is 0 Å². The maximum atomic E-state index is 12.5. The molecule has 0 heterocycles. The molecule has 1 amide bonds. The van der Waals surface area contributed by atoms with Gasteiger partial charge in [0.25, 0.3) is 0 Å². The minimum absolute atomic E-state index is 0.113. The quantitative estimate of drug-likeness (QED) is 0.471. The minimum atomic E-state index is -1.13. The number of aliphatic carboxylic acids is 2. The molecule has 0 unspecified atom stereocenters. The van der Waals surface area contributed by atoms with Crippen molar-refractivity contribution in [3.8, 4) is 5.75 Å². The number of carbonyl (C=O) groups excluding carboxylic acids is 1. The van der Waals surface area contributed by atoms with Crippen LogP contribution in [0.5, 0.6) is 5.75 Å². The molecule has 7 nitrogen and oxygen atoms in total. The van der Waals surface area contributed by atoms with E-state index in [-0.39, 0.29) is 24.9 Å². The Morgan fingerprint density at radius 3 is 2.06 bits per heavy atom. The molecule has 1 fully saturated rings. The summed E-state index contributed by atoms with van der Waals surface area (Å²) >= 11 is 12.3. The summed E-state index contributed by atoms with van der Waals surface area (Å²) in [6, 6.07) is 11.0. The number of amides is 1. The predicted molar refractivity (Wildman–Crippen MR) is 124 cm³/mol. The highest BCUT2D eigenvalue weighted by Gasteiger charge is 2.31. The van der Waals surface area contributed by atoms with Gasteiger partial charge in [-0.15, -0.1) is 0 Å². The standard InChI is InChI=1S/C24H25Cl2NO6/c25-19-2-1-3-20(26)18(19)13-33-17-10-4-14(5-11-17)12-21(24(31)32)27-22(28)15-6-8-16(9-7-15)23(29)30/h1-5,10-11,15-16,21H,6-9,12-13H2,(H,27,28)(H,29,30)(H,31,32)/t15-,16-,21-/m0/s1. The van der Waals surface area contributed by atoms with Gasteiger partial charge < -0.3 is 20.3 Å².